The van der Waals surface area contributed by atoms with E-state index in [1.54, 1.807) is 11.8 Å². The predicted octanol–water partition coefficient (Wildman–Crippen LogP) is 5.74. The first-order valence-corrected chi connectivity index (χ1v) is 7.36. The molecule has 0 atom stereocenters. The highest BCUT2D eigenvalue weighted by Crippen LogP contribution is 2.36. The number of para-hydroxylation sites is 1. The minimum Gasteiger partial charge on any atom is -0.450 e. The average Bonchev–Trinajstić information content (AvgIpc) is 2.90. The van der Waals surface area contributed by atoms with Crippen molar-refractivity contribution >= 4 is 33.5 Å². The van der Waals surface area contributed by atoms with Crippen LogP contribution >= 0.6 is 11.8 Å². The van der Waals surface area contributed by atoms with Crippen LogP contribution < -0.4 is 0 Å². The van der Waals surface area contributed by atoms with Crippen LogP contribution in [-0.2, 0) is 0 Å². The molecule has 0 amide bonds. The predicted molar refractivity (Wildman–Crippen MR) is 84.3 cm³/mol. The van der Waals surface area contributed by atoms with Gasteiger partial charge in [-0.3, -0.25) is 0 Å². The zero-order valence-corrected chi connectivity index (χ0v) is 11.6. The first-order chi connectivity index (χ1) is 9.90. The first-order valence-electron chi connectivity index (χ1n) is 6.54. The van der Waals surface area contributed by atoms with Crippen LogP contribution in [0.5, 0.6) is 0 Å². The topological polar surface area (TPSA) is 13.1 Å². The Labute approximate surface area is 121 Å². The van der Waals surface area contributed by atoms with Gasteiger partial charge in [-0.25, -0.2) is 0 Å². The fraction of sp³-hybridized carbons (Fsp3) is 0. The van der Waals surface area contributed by atoms with Gasteiger partial charge in [-0.1, -0.05) is 66.4 Å². The van der Waals surface area contributed by atoms with Crippen LogP contribution in [0.2, 0.25) is 0 Å². The first kappa shape index (κ1) is 11.6. The Hall–Kier alpha value is -2.19. The van der Waals surface area contributed by atoms with E-state index < -0.39 is 0 Å². The van der Waals surface area contributed by atoms with Crippen molar-refractivity contribution in [3.8, 4) is 0 Å². The van der Waals surface area contributed by atoms with Gasteiger partial charge in [-0.2, -0.15) is 0 Å². The highest BCUT2D eigenvalue weighted by atomic mass is 32.2. The molecule has 0 aliphatic heterocycles. The molecule has 0 aliphatic rings. The summed E-state index contributed by atoms with van der Waals surface area (Å²) in [6.07, 6.45) is 0. The lowest BCUT2D eigenvalue weighted by Gasteiger charge is -2.03. The van der Waals surface area contributed by atoms with Crippen molar-refractivity contribution in [2.45, 2.75) is 9.99 Å². The van der Waals surface area contributed by atoms with Crippen molar-refractivity contribution < 1.29 is 4.42 Å². The Morgan fingerprint density at radius 2 is 1.45 bits per heavy atom. The molecular formula is C18H12OS. The Balaban J connectivity index is 1.80. The van der Waals surface area contributed by atoms with Crippen molar-refractivity contribution in [2.24, 2.45) is 0 Å². The van der Waals surface area contributed by atoms with Gasteiger partial charge < -0.3 is 4.42 Å². The number of hydrogen-bond acceptors (Lipinski definition) is 2. The second-order valence-corrected chi connectivity index (χ2v) is 5.73. The van der Waals surface area contributed by atoms with E-state index in [2.05, 4.69) is 54.6 Å². The van der Waals surface area contributed by atoms with Gasteiger partial charge in [-0.15, -0.1) is 0 Å². The average molecular weight is 276 g/mol. The fourth-order valence-electron chi connectivity index (χ4n) is 2.40. The summed E-state index contributed by atoms with van der Waals surface area (Å²) in [6, 6.07) is 25.0. The molecule has 1 heterocycles. The summed E-state index contributed by atoms with van der Waals surface area (Å²) in [5.74, 6) is 0. The highest BCUT2D eigenvalue weighted by Gasteiger charge is 2.07. The van der Waals surface area contributed by atoms with Crippen LogP contribution in [0.15, 0.2) is 87.2 Å². The van der Waals surface area contributed by atoms with Gasteiger partial charge in [-0.05, 0) is 29.0 Å². The van der Waals surface area contributed by atoms with Gasteiger partial charge >= 0.3 is 0 Å². The Morgan fingerprint density at radius 3 is 2.35 bits per heavy atom. The van der Waals surface area contributed by atoms with E-state index in [-0.39, 0.29) is 0 Å². The lowest BCUT2D eigenvalue weighted by molar-refractivity contribution is 0.515. The van der Waals surface area contributed by atoms with Crippen LogP contribution in [0.1, 0.15) is 0 Å². The highest BCUT2D eigenvalue weighted by molar-refractivity contribution is 7.99. The molecule has 0 N–H and O–H groups in total. The van der Waals surface area contributed by atoms with Gasteiger partial charge in [0.2, 0.25) is 0 Å². The zero-order chi connectivity index (χ0) is 13.4. The molecule has 0 bridgehead atoms. The number of furan rings is 1. The molecule has 0 saturated carbocycles. The normalized spacial score (nSPS) is 11.2. The minimum atomic E-state index is 0.933. The summed E-state index contributed by atoms with van der Waals surface area (Å²) in [5.41, 5.74) is 0.940. The summed E-state index contributed by atoms with van der Waals surface area (Å²) in [4.78, 5) is 1.22. The molecule has 0 spiro atoms. The van der Waals surface area contributed by atoms with Gasteiger partial charge in [0.25, 0.3) is 0 Å². The summed E-state index contributed by atoms with van der Waals surface area (Å²) in [6.45, 7) is 0. The van der Waals surface area contributed by atoms with Crippen LogP contribution in [0.3, 0.4) is 0 Å². The fourth-order valence-corrected chi connectivity index (χ4v) is 3.38. The molecule has 0 saturated heterocycles. The minimum absolute atomic E-state index is 0.933. The van der Waals surface area contributed by atoms with E-state index in [0.717, 1.165) is 16.1 Å². The standard InChI is InChI=1S/C18H12OS/c1-3-9-15-13(6-1)8-5-11-17(15)20-18-12-14-7-2-4-10-16(14)19-18/h1-12H. The Morgan fingerprint density at radius 1 is 0.700 bits per heavy atom. The monoisotopic (exact) mass is 276 g/mol. The van der Waals surface area contributed by atoms with Crippen molar-refractivity contribution in [1.29, 1.82) is 0 Å². The second kappa shape index (κ2) is 4.73. The molecule has 20 heavy (non-hydrogen) atoms. The van der Waals surface area contributed by atoms with E-state index in [0.29, 0.717) is 0 Å². The SMILES string of the molecule is c1ccc2oc(Sc3cccc4ccccc34)cc2c1. The van der Waals surface area contributed by atoms with Crippen molar-refractivity contribution in [3.63, 3.8) is 0 Å². The number of benzene rings is 3. The van der Waals surface area contributed by atoms with E-state index in [4.69, 9.17) is 4.42 Å². The quantitative estimate of drug-likeness (QED) is 0.463. The molecule has 1 nitrogen and oxygen atoms in total. The molecule has 0 aliphatic carbocycles. The number of hydrogen-bond donors (Lipinski definition) is 0. The van der Waals surface area contributed by atoms with Gasteiger partial charge in [0, 0.05) is 10.3 Å². The largest absolute Gasteiger partial charge is 0.450 e. The molecule has 0 fully saturated rings. The molecule has 96 valence electrons. The van der Waals surface area contributed by atoms with Crippen LogP contribution in [0.25, 0.3) is 21.7 Å². The summed E-state index contributed by atoms with van der Waals surface area (Å²) < 4.78 is 5.88. The lowest BCUT2D eigenvalue weighted by atomic mass is 10.1. The third kappa shape index (κ3) is 1.98. The maximum absolute atomic E-state index is 5.88. The smallest absolute Gasteiger partial charge is 0.166 e. The third-order valence-corrected chi connectivity index (χ3v) is 4.34. The van der Waals surface area contributed by atoms with E-state index in [1.165, 1.54) is 15.7 Å². The van der Waals surface area contributed by atoms with Gasteiger partial charge in [0.15, 0.2) is 5.09 Å². The molecule has 4 aromatic rings. The molecule has 1 aromatic heterocycles. The van der Waals surface area contributed by atoms with Crippen molar-refractivity contribution in [3.05, 3.63) is 72.8 Å². The maximum Gasteiger partial charge on any atom is 0.166 e. The summed E-state index contributed by atoms with van der Waals surface area (Å²) >= 11 is 1.68. The molecule has 3 aromatic carbocycles. The van der Waals surface area contributed by atoms with Crippen molar-refractivity contribution in [1.82, 2.24) is 0 Å². The van der Waals surface area contributed by atoms with E-state index >= 15 is 0 Å². The van der Waals surface area contributed by atoms with Gasteiger partial charge in [0.1, 0.15) is 5.58 Å². The van der Waals surface area contributed by atoms with Crippen LogP contribution in [0.4, 0.5) is 0 Å². The second-order valence-electron chi connectivity index (χ2n) is 4.68. The number of rotatable bonds is 2. The maximum atomic E-state index is 5.88. The van der Waals surface area contributed by atoms with Crippen LogP contribution in [-0.4, -0.2) is 0 Å². The summed E-state index contributed by atoms with van der Waals surface area (Å²) in [5, 5.41) is 4.60. The Bertz CT molecular complexity index is 854. The molecule has 0 radical (unpaired) electrons. The molecule has 2 heteroatoms. The molecule has 0 unspecified atom stereocenters. The molecular weight excluding hydrogens is 264 g/mol. The Kier molecular flexibility index (Phi) is 2.75. The van der Waals surface area contributed by atoms with Crippen LogP contribution in [0, 0.1) is 0 Å². The summed E-state index contributed by atoms with van der Waals surface area (Å²) in [7, 11) is 0. The molecule has 4 rings (SSSR count). The lowest BCUT2D eigenvalue weighted by Crippen LogP contribution is -1.76. The van der Waals surface area contributed by atoms with Gasteiger partial charge in [0.05, 0.1) is 0 Å². The van der Waals surface area contributed by atoms with E-state index in [9.17, 15) is 0 Å². The zero-order valence-electron chi connectivity index (χ0n) is 10.7. The number of fused-ring (bicyclic) bond motifs is 2. The van der Waals surface area contributed by atoms with E-state index in [1.807, 2.05) is 18.2 Å². The third-order valence-electron chi connectivity index (χ3n) is 3.36. The van der Waals surface area contributed by atoms with Crippen molar-refractivity contribution in [2.75, 3.05) is 0 Å².